The second-order valence-corrected chi connectivity index (χ2v) is 7.34. The van der Waals surface area contributed by atoms with E-state index in [0.29, 0.717) is 5.41 Å². The summed E-state index contributed by atoms with van der Waals surface area (Å²) in [6, 6.07) is 1.09. The zero-order valence-electron chi connectivity index (χ0n) is 12.8. The maximum Gasteiger partial charge on any atom is 0.321 e. The summed E-state index contributed by atoms with van der Waals surface area (Å²) in [5.41, 5.74) is 0.313. The molecule has 19 heavy (non-hydrogen) atoms. The lowest BCUT2D eigenvalue weighted by Crippen LogP contribution is -2.45. The second-order valence-electron chi connectivity index (χ2n) is 5.23. The topological polar surface area (TPSA) is 36.9 Å². The lowest BCUT2D eigenvalue weighted by Gasteiger charge is -2.40. The third-order valence-electron chi connectivity index (χ3n) is 3.66. The molecule has 0 aromatic rings. The van der Waals surface area contributed by atoms with Gasteiger partial charge in [-0.1, -0.05) is 6.92 Å². The van der Waals surface area contributed by atoms with Crippen LogP contribution >= 0.6 is 0 Å². The number of ether oxygens (including phenoxy) is 2. The fourth-order valence-corrected chi connectivity index (χ4v) is 3.97. The highest BCUT2D eigenvalue weighted by Crippen LogP contribution is 2.31. The van der Waals surface area contributed by atoms with Crippen molar-refractivity contribution in [2.75, 3.05) is 39.6 Å². The van der Waals surface area contributed by atoms with Crippen molar-refractivity contribution in [1.29, 1.82) is 0 Å². The molecule has 114 valence electrons. The maximum absolute atomic E-state index is 5.79. The Morgan fingerprint density at radius 1 is 1.05 bits per heavy atom. The van der Waals surface area contributed by atoms with E-state index in [4.69, 9.17) is 18.3 Å². The van der Waals surface area contributed by atoms with E-state index in [1.165, 1.54) is 0 Å². The minimum absolute atomic E-state index is 0.313. The van der Waals surface area contributed by atoms with E-state index in [0.717, 1.165) is 64.9 Å². The average Bonchev–Trinajstić information content (AvgIpc) is 2.36. The summed E-state index contributed by atoms with van der Waals surface area (Å²) in [7, 11) is -1.40. The highest BCUT2D eigenvalue weighted by molar-refractivity contribution is 6.44. The van der Waals surface area contributed by atoms with Crippen LogP contribution in [0.4, 0.5) is 0 Å². The van der Waals surface area contributed by atoms with E-state index in [1.807, 2.05) is 13.8 Å². The molecule has 0 amide bonds. The first-order chi connectivity index (χ1) is 9.26. The molecule has 0 unspecified atom stereocenters. The summed E-state index contributed by atoms with van der Waals surface area (Å²) in [4.78, 5) is 0. The molecule has 0 saturated carbocycles. The zero-order chi connectivity index (χ0) is 14.0. The molecule has 5 heteroatoms. The normalized spacial score (nSPS) is 17.7. The van der Waals surface area contributed by atoms with Crippen molar-refractivity contribution >= 4 is 9.28 Å². The molecule has 1 aliphatic rings. The van der Waals surface area contributed by atoms with Gasteiger partial charge in [0.15, 0.2) is 0 Å². The Kier molecular flexibility index (Phi) is 8.90. The van der Waals surface area contributed by atoms with Crippen LogP contribution in [-0.2, 0) is 18.3 Å². The molecule has 0 bridgehead atoms. The van der Waals surface area contributed by atoms with Gasteiger partial charge in [0, 0.05) is 25.2 Å². The van der Waals surface area contributed by atoms with Crippen LogP contribution in [0.3, 0.4) is 0 Å². The Bertz CT molecular complexity index is 210. The largest absolute Gasteiger partial charge is 0.397 e. The van der Waals surface area contributed by atoms with Gasteiger partial charge in [0.1, 0.15) is 0 Å². The number of rotatable bonds is 12. The molecule has 1 aliphatic heterocycles. The van der Waals surface area contributed by atoms with Crippen LogP contribution in [0.5, 0.6) is 0 Å². The number of hydrogen-bond acceptors (Lipinski definition) is 4. The van der Waals surface area contributed by atoms with Crippen LogP contribution < -0.4 is 0 Å². The fourth-order valence-electron chi connectivity index (χ4n) is 2.17. The van der Waals surface area contributed by atoms with Gasteiger partial charge < -0.3 is 18.3 Å². The SMILES string of the molecule is CCO[SiH](CCCCOCC1(CC)COC1)OCC. The summed E-state index contributed by atoms with van der Waals surface area (Å²) in [6.45, 7) is 11.3. The summed E-state index contributed by atoms with van der Waals surface area (Å²) < 4.78 is 22.4. The van der Waals surface area contributed by atoms with Crippen molar-refractivity contribution in [2.24, 2.45) is 5.41 Å². The molecule has 4 nitrogen and oxygen atoms in total. The summed E-state index contributed by atoms with van der Waals surface area (Å²) >= 11 is 0. The van der Waals surface area contributed by atoms with Crippen LogP contribution in [0, 0.1) is 5.41 Å². The van der Waals surface area contributed by atoms with Gasteiger partial charge in [-0.15, -0.1) is 0 Å². The Hall–Kier alpha value is 0.0569. The van der Waals surface area contributed by atoms with Crippen LogP contribution in [-0.4, -0.2) is 48.9 Å². The van der Waals surface area contributed by atoms with Crippen molar-refractivity contribution in [3.05, 3.63) is 0 Å². The minimum atomic E-state index is -1.40. The van der Waals surface area contributed by atoms with Gasteiger partial charge in [-0.25, -0.2) is 0 Å². The summed E-state index contributed by atoms with van der Waals surface area (Å²) in [5, 5.41) is 0. The Labute approximate surface area is 119 Å². The minimum Gasteiger partial charge on any atom is -0.397 e. The molecule has 0 spiro atoms. The van der Waals surface area contributed by atoms with E-state index in [1.54, 1.807) is 0 Å². The van der Waals surface area contributed by atoms with E-state index in [9.17, 15) is 0 Å². The van der Waals surface area contributed by atoms with Gasteiger partial charge >= 0.3 is 9.28 Å². The smallest absolute Gasteiger partial charge is 0.321 e. The van der Waals surface area contributed by atoms with Gasteiger partial charge in [-0.2, -0.15) is 0 Å². The van der Waals surface area contributed by atoms with Crippen LogP contribution in [0.25, 0.3) is 0 Å². The van der Waals surface area contributed by atoms with Gasteiger partial charge in [0.25, 0.3) is 0 Å². The third-order valence-corrected chi connectivity index (χ3v) is 5.95. The molecule has 0 aliphatic carbocycles. The maximum atomic E-state index is 5.79. The van der Waals surface area contributed by atoms with E-state index < -0.39 is 9.28 Å². The van der Waals surface area contributed by atoms with Gasteiger partial charge in [0.2, 0.25) is 0 Å². The van der Waals surface area contributed by atoms with Crippen molar-refractivity contribution in [1.82, 2.24) is 0 Å². The monoisotopic (exact) mass is 290 g/mol. The third kappa shape index (κ3) is 6.36. The fraction of sp³-hybridized carbons (Fsp3) is 1.00. The van der Waals surface area contributed by atoms with Crippen molar-refractivity contribution < 1.29 is 18.3 Å². The molecular formula is C14H30O4Si. The first-order valence-electron chi connectivity index (χ1n) is 7.65. The van der Waals surface area contributed by atoms with Gasteiger partial charge in [-0.05, 0) is 39.2 Å². The second kappa shape index (κ2) is 9.88. The highest BCUT2D eigenvalue weighted by Gasteiger charge is 2.36. The van der Waals surface area contributed by atoms with E-state index in [2.05, 4.69) is 6.92 Å². The number of unbranched alkanes of at least 4 members (excludes halogenated alkanes) is 1. The molecule has 1 saturated heterocycles. The molecule has 1 heterocycles. The van der Waals surface area contributed by atoms with Crippen LogP contribution in [0.1, 0.15) is 40.0 Å². The first-order valence-corrected chi connectivity index (χ1v) is 9.41. The van der Waals surface area contributed by atoms with E-state index in [-0.39, 0.29) is 0 Å². The Morgan fingerprint density at radius 2 is 1.74 bits per heavy atom. The first kappa shape index (κ1) is 17.1. The predicted octanol–water partition coefficient (Wildman–Crippen LogP) is 2.50. The molecule has 0 aromatic carbocycles. The molecule has 0 aromatic heterocycles. The predicted molar refractivity (Wildman–Crippen MR) is 78.8 cm³/mol. The van der Waals surface area contributed by atoms with Crippen molar-refractivity contribution in [3.8, 4) is 0 Å². The molecule has 0 radical (unpaired) electrons. The quantitative estimate of drug-likeness (QED) is 0.409. The lowest BCUT2D eigenvalue weighted by atomic mass is 9.84. The lowest BCUT2D eigenvalue weighted by molar-refractivity contribution is -0.150. The summed E-state index contributed by atoms with van der Waals surface area (Å²) in [6.07, 6.45) is 3.40. The molecule has 1 fully saturated rings. The van der Waals surface area contributed by atoms with Crippen LogP contribution in [0.2, 0.25) is 6.04 Å². The standard InChI is InChI=1S/C14H30O4Si/c1-4-14(12-16-13-14)11-15-9-7-8-10-19(17-5-2)18-6-3/h19H,4-13H2,1-3H3. The summed E-state index contributed by atoms with van der Waals surface area (Å²) in [5.74, 6) is 0. The van der Waals surface area contributed by atoms with Gasteiger partial charge in [-0.3, -0.25) is 0 Å². The Balaban J connectivity index is 1.97. The molecule has 1 rings (SSSR count). The van der Waals surface area contributed by atoms with E-state index >= 15 is 0 Å². The van der Waals surface area contributed by atoms with Gasteiger partial charge in [0.05, 0.1) is 19.8 Å². The molecular weight excluding hydrogens is 260 g/mol. The highest BCUT2D eigenvalue weighted by atomic mass is 28.3. The Morgan fingerprint density at radius 3 is 2.21 bits per heavy atom. The number of hydrogen-bond donors (Lipinski definition) is 0. The van der Waals surface area contributed by atoms with Crippen LogP contribution in [0.15, 0.2) is 0 Å². The van der Waals surface area contributed by atoms with Crippen molar-refractivity contribution in [3.63, 3.8) is 0 Å². The molecule has 0 atom stereocenters. The average molecular weight is 290 g/mol. The van der Waals surface area contributed by atoms with Crippen molar-refractivity contribution in [2.45, 2.75) is 46.1 Å². The molecule has 0 N–H and O–H groups in total. The zero-order valence-corrected chi connectivity index (χ0v) is 13.9.